The lowest BCUT2D eigenvalue weighted by Gasteiger charge is -2.14. The highest BCUT2D eigenvalue weighted by molar-refractivity contribution is 6.29. The number of nitrogens with zero attached hydrogens (tertiary/aromatic N) is 1. The van der Waals surface area contributed by atoms with E-state index in [2.05, 4.69) is 10.3 Å². The highest BCUT2D eigenvalue weighted by Crippen LogP contribution is 2.06. The standard InChI is InChI=1S/C12H19ClN2O/c1-9(2)11(16)5-6-14-7-10-3-4-12(13)15-8-10/h3-4,8-9,11,14,16H,5-7H2,1-2H3. The second-order valence-electron chi connectivity index (χ2n) is 4.27. The van der Waals surface area contributed by atoms with E-state index in [0.717, 1.165) is 25.1 Å². The molecule has 0 amide bonds. The molecule has 0 spiro atoms. The number of nitrogens with one attached hydrogen (secondary N) is 1. The molecule has 0 radical (unpaired) electrons. The minimum atomic E-state index is -0.226. The van der Waals surface area contributed by atoms with Crippen LogP contribution in [0.4, 0.5) is 0 Å². The van der Waals surface area contributed by atoms with Crippen LogP contribution in [0.25, 0.3) is 0 Å². The van der Waals surface area contributed by atoms with E-state index in [1.54, 1.807) is 12.3 Å². The maximum absolute atomic E-state index is 9.59. The Balaban J connectivity index is 2.18. The zero-order valence-corrected chi connectivity index (χ0v) is 10.5. The van der Waals surface area contributed by atoms with E-state index in [0.29, 0.717) is 11.1 Å². The van der Waals surface area contributed by atoms with Gasteiger partial charge >= 0.3 is 0 Å². The quantitative estimate of drug-likeness (QED) is 0.594. The molecule has 4 heteroatoms. The van der Waals surface area contributed by atoms with Gasteiger partial charge in [0.15, 0.2) is 0 Å². The summed E-state index contributed by atoms with van der Waals surface area (Å²) in [6.07, 6.45) is 2.31. The van der Waals surface area contributed by atoms with Crippen LogP contribution in [0.2, 0.25) is 5.15 Å². The lowest BCUT2D eigenvalue weighted by Crippen LogP contribution is -2.23. The first-order valence-corrected chi connectivity index (χ1v) is 5.96. The molecule has 1 unspecified atom stereocenters. The van der Waals surface area contributed by atoms with Crippen molar-refractivity contribution in [3.63, 3.8) is 0 Å². The van der Waals surface area contributed by atoms with E-state index in [1.807, 2.05) is 19.9 Å². The highest BCUT2D eigenvalue weighted by atomic mass is 35.5. The molecular weight excluding hydrogens is 224 g/mol. The second-order valence-corrected chi connectivity index (χ2v) is 4.65. The minimum Gasteiger partial charge on any atom is -0.393 e. The minimum absolute atomic E-state index is 0.226. The fraction of sp³-hybridized carbons (Fsp3) is 0.583. The first-order valence-electron chi connectivity index (χ1n) is 5.59. The van der Waals surface area contributed by atoms with Gasteiger partial charge in [-0.05, 0) is 30.5 Å². The lowest BCUT2D eigenvalue weighted by molar-refractivity contribution is 0.116. The maximum atomic E-state index is 9.59. The van der Waals surface area contributed by atoms with E-state index in [1.165, 1.54) is 0 Å². The van der Waals surface area contributed by atoms with Crippen molar-refractivity contribution in [3.8, 4) is 0 Å². The van der Waals surface area contributed by atoms with Crippen LogP contribution in [0.1, 0.15) is 25.8 Å². The van der Waals surface area contributed by atoms with Gasteiger partial charge in [-0.2, -0.15) is 0 Å². The summed E-state index contributed by atoms with van der Waals surface area (Å²) in [5.74, 6) is 0.319. The van der Waals surface area contributed by atoms with E-state index in [4.69, 9.17) is 11.6 Å². The summed E-state index contributed by atoms with van der Waals surface area (Å²) in [5.41, 5.74) is 1.10. The zero-order valence-electron chi connectivity index (χ0n) is 9.78. The number of rotatable bonds is 6. The third-order valence-electron chi connectivity index (χ3n) is 2.50. The Kier molecular flexibility index (Phi) is 5.74. The van der Waals surface area contributed by atoms with Gasteiger partial charge < -0.3 is 10.4 Å². The molecule has 1 aromatic heterocycles. The summed E-state index contributed by atoms with van der Waals surface area (Å²) in [6, 6.07) is 3.72. The fourth-order valence-corrected chi connectivity index (χ4v) is 1.44. The molecular formula is C12H19ClN2O. The fourth-order valence-electron chi connectivity index (χ4n) is 1.33. The van der Waals surface area contributed by atoms with Crippen LogP contribution in [0.15, 0.2) is 18.3 Å². The van der Waals surface area contributed by atoms with Crippen molar-refractivity contribution < 1.29 is 5.11 Å². The van der Waals surface area contributed by atoms with Gasteiger partial charge in [-0.25, -0.2) is 4.98 Å². The zero-order chi connectivity index (χ0) is 12.0. The van der Waals surface area contributed by atoms with Gasteiger partial charge in [-0.1, -0.05) is 31.5 Å². The lowest BCUT2D eigenvalue weighted by atomic mass is 10.0. The summed E-state index contributed by atoms with van der Waals surface area (Å²) in [6.45, 7) is 5.61. The summed E-state index contributed by atoms with van der Waals surface area (Å²) >= 11 is 5.68. The van der Waals surface area contributed by atoms with Crippen LogP contribution in [0.5, 0.6) is 0 Å². The molecule has 0 aliphatic rings. The Morgan fingerprint density at radius 1 is 1.44 bits per heavy atom. The Bertz CT molecular complexity index is 300. The van der Waals surface area contributed by atoms with E-state index >= 15 is 0 Å². The molecule has 1 rings (SSSR count). The number of aromatic nitrogens is 1. The summed E-state index contributed by atoms with van der Waals surface area (Å²) in [4.78, 5) is 4.00. The molecule has 0 aliphatic carbocycles. The van der Waals surface area contributed by atoms with Gasteiger partial charge in [0.25, 0.3) is 0 Å². The van der Waals surface area contributed by atoms with Crippen LogP contribution < -0.4 is 5.32 Å². The van der Waals surface area contributed by atoms with Gasteiger partial charge in [0.2, 0.25) is 0 Å². The number of halogens is 1. The van der Waals surface area contributed by atoms with Crippen LogP contribution in [-0.2, 0) is 6.54 Å². The predicted molar refractivity (Wildman–Crippen MR) is 66.4 cm³/mol. The van der Waals surface area contributed by atoms with Gasteiger partial charge in [0, 0.05) is 12.7 Å². The smallest absolute Gasteiger partial charge is 0.129 e. The summed E-state index contributed by atoms with van der Waals surface area (Å²) in [5, 5.41) is 13.4. The van der Waals surface area contributed by atoms with E-state index in [9.17, 15) is 5.11 Å². The van der Waals surface area contributed by atoms with Crippen LogP contribution in [0.3, 0.4) is 0 Å². The SMILES string of the molecule is CC(C)C(O)CCNCc1ccc(Cl)nc1. The second kappa shape index (κ2) is 6.84. The first-order chi connectivity index (χ1) is 7.59. The van der Waals surface area contributed by atoms with Crippen molar-refractivity contribution in [2.75, 3.05) is 6.54 Å². The maximum Gasteiger partial charge on any atom is 0.129 e. The largest absolute Gasteiger partial charge is 0.393 e. The van der Waals surface area contributed by atoms with Crippen LogP contribution >= 0.6 is 11.6 Å². The van der Waals surface area contributed by atoms with Crippen molar-refractivity contribution in [3.05, 3.63) is 29.0 Å². The molecule has 3 nitrogen and oxygen atoms in total. The summed E-state index contributed by atoms with van der Waals surface area (Å²) in [7, 11) is 0. The number of aliphatic hydroxyl groups is 1. The molecule has 0 bridgehead atoms. The number of aliphatic hydroxyl groups excluding tert-OH is 1. The predicted octanol–water partition coefficient (Wildman–Crippen LogP) is 2.23. The van der Waals surface area contributed by atoms with E-state index < -0.39 is 0 Å². The molecule has 1 atom stereocenters. The van der Waals surface area contributed by atoms with Crippen molar-refractivity contribution in [2.45, 2.75) is 32.9 Å². The number of hydrogen-bond donors (Lipinski definition) is 2. The Hall–Kier alpha value is -0.640. The number of hydrogen-bond acceptors (Lipinski definition) is 3. The van der Waals surface area contributed by atoms with Gasteiger partial charge in [-0.3, -0.25) is 0 Å². The molecule has 0 aromatic carbocycles. The Labute approximate surface area is 102 Å². The first kappa shape index (κ1) is 13.4. The molecule has 90 valence electrons. The van der Waals surface area contributed by atoms with E-state index in [-0.39, 0.29) is 6.10 Å². The van der Waals surface area contributed by atoms with Crippen molar-refractivity contribution in [1.82, 2.24) is 10.3 Å². The molecule has 2 N–H and O–H groups in total. The van der Waals surface area contributed by atoms with Gasteiger partial charge in [-0.15, -0.1) is 0 Å². The van der Waals surface area contributed by atoms with Gasteiger partial charge in [0.05, 0.1) is 6.10 Å². The van der Waals surface area contributed by atoms with Crippen molar-refractivity contribution >= 4 is 11.6 Å². The average Bonchev–Trinajstić information content (AvgIpc) is 2.26. The molecule has 1 aromatic rings. The average molecular weight is 243 g/mol. The highest BCUT2D eigenvalue weighted by Gasteiger charge is 2.07. The van der Waals surface area contributed by atoms with Crippen molar-refractivity contribution in [1.29, 1.82) is 0 Å². The normalized spacial score (nSPS) is 13.1. The number of pyridine rings is 1. The Morgan fingerprint density at radius 2 is 2.19 bits per heavy atom. The molecule has 16 heavy (non-hydrogen) atoms. The molecule has 0 fully saturated rings. The summed E-state index contributed by atoms with van der Waals surface area (Å²) < 4.78 is 0. The van der Waals surface area contributed by atoms with Crippen LogP contribution in [-0.4, -0.2) is 22.7 Å². The monoisotopic (exact) mass is 242 g/mol. The molecule has 0 aliphatic heterocycles. The molecule has 1 heterocycles. The topological polar surface area (TPSA) is 45.1 Å². The van der Waals surface area contributed by atoms with Gasteiger partial charge in [0.1, 0.15) is 5.15 Å². The Morgan fingerprint density at radius 3 is 2.75 bits per heavy atom. The van der Waals surface area contributed by atoms with Crippen LogP contribution in [0, 0.1) is 5.92 Å². The third kappa shape index (κ3) is 4.92. The molecule has 0 saturated heterocycles. The molecule has 0 saturated carbocycles. The van der Waals surface area contributed by atoms with Crippen molar-refractivity contribution in [2.24, 2.45) is 5.92 Å². The third-order valence-corrected chi connectivity index (χ3v) is 2.73.